The molecule has 0 aliphatic carbocycles. The lowest BCUT2D eigenvalue weighted by Gasteiger charge is -2.18. The summed E-state index contributed by atoms with van der Waals surface area (Å²) in [6.07, 6.45) is 87.6. The first-order valence-corrected chi connectivity index (χ1v) is 35.6. The van der Waals surface area contributed by atoms with Crippen molar-refractivity contribution < 1.29 is 28.6 Å². The quantitative estimate of drug-likeness (QED) is 0.0261. The lowest BCUT2D eigenvalue weighted by molar-refractivity contribution is -0.167. The Morgan fingerprint density at radius 1 is 0.250 bits per heavy atom. The van der Waals surface area contributed by atoms with Crippen LogP contribution in [-0.2, 0) is 28.6 Å². The molecule has 1 unspecified atom stereocenters. The predicted molar refractivity (Wildman–Crippen MR) is 349 cm³/mol. The molecule has 0 saturated heterocycles. The average Bonchev–Trinajstić information content (AvgIpc) is 3.46. The lowest BCUT2D eigenvalue weighted by Crippen LogP contribution is -2.30. The van der Waals surface area contributed by atoms with Crippen LogP contribution in [0.4, 0.5) is 0 Å². The highest BCUT2D eigenvalue weighted by Gasteiger charge is 2.19. The molecule has 468 valence electrons. The Labute approximate surface area is 498 Å². The van der Waals surface area contributed by atoms with Gasteiger partial charge in [0, 0.05) is 19.3 Å². The zero-order chi connectivity index (χ0) is 57.8. The van der Waals surface area contributed by atoms with Crippen LogP contribution in [0.25, 0.3) is 0 Å². The van der Waals surface area contributed by atoms with Crippen molar-refractivity contribution in [3.05, 3.63) is 48.6 Å². The number of carbonyl (C=O) groups excluding carboxylic acids is 3. The highest BCUT2D eigenvalue weighted by Crippen LogP contribution is 2.18. The van der Waals surface area contributed by atoms with Gasteiger partial charge < -0.3 is 14.2 Å². The number of ether oxygens (including phenoxy) is 3. The highest BCUT2D eigenvalue weighted by atomic mass is 16.6. The highest BCUT2D eigenvalue weighted by molar-refractivity contribution is 5.71. The second kappa shape index (κ2) is 68.9. The van der Waals surface area contributed by atoms with Crippen molar-refractivity contribution in [1.29, 1.82) is 0 Å². The molecule has 1 atom stereocenters. The van der Waals surface area contributed by atoms with Gasteiger partial charge in [-0.15, -0.1) is 0 Å². The SMILES string of the molecule is CCCCCCC/C=C\C/C=C\CCCCCCCCCCCCCCCCCCCCCC(=O)OCC(COC(=O)CCCCCCCC)OC(=O)CCCCCCCCCCCCCCC/C=C\C/C=C\CCCCCCC. The van der Waals surface area contributed by atoms with E-state index in [1.165, 1.54) is 276 Å². The largest absolute Gasteiger partial charge is 0.462 e. The molecule has 0 aliphatic heterocycles. The van der Waals surface area contributed by atoms with Crippen molar-refractivity contribution in [2.45, 2.75) is 393 Å². The number of allylic oxidation sites excluding steroid dienone is 8. The van der Waals surface area contributed by atoms with E-state index in [2.05, 4.69) is 69.4 Å². The van der Waals surface area contributed by atoms with Gasteiger partial charge in [0.25, 0.3) is 0 Å². The number of carbonyl (C=O) groups is 3. The molecule has 0 saturated carbocycles. The van der Waals surface area contributed by atoms with Crippen molar-refractivity contribution in [3.63, 3.8) is 0 Å². The molecule has 0 aromatic carbocycles. The van der Waals surface area contributed by atoms with Crippen LogP contribution in [0.1, 0.15) is 387 Å². The van der Waals surface area contributed by atoms with Crippen LogP contribution in [0.5, 0.6) is 0 Å². The van der Waals surface area contributed by atoms with Crippen molar-refractivity contribution >= 4 is 17.9 Å². The lowest BCUT2D eigenvalue weighted by atomic mass is 10.0. The van der Waals surface area contributed by atoms with Crippen LogP contribution < -0.4 is 0 Å². The van der Waals surface area contributed by atoms with Gasteiger partial charge in [0.15, 0.2) is 6.10 Å². The standard InChI is InChI=1S/C74H136O6/c1-4-7-10-13-16-18-20-22-24-26-28-30-32-34-35-36-37-38-39-41-42-44-46-48-50-52-54-56-58-61-64-67-73(76)79-70-71(69-78-72(75)66-63-60-15-12-9-6-3)80-74(77)68-65-62-59-57-55-53-51-49-47-45-43-40-33-31-29-27-25-23-21-19-17-14-11-8-5-2/h20-23,26-29,71H,4-19,24-25,30-70H2,1-3H3/b22-20-,23-21-,28-26-,29-27-. The van der Waals surface area contributed by atoms with Gasteiger partial charge in [0.2, 0.25) is 0 Å². The van der Waals surface area contributed by atoms with E-state index >= 15 is 0 Å². The smallest absolute Gasteiger partial charge is 0.306 e. The fourth-order valence-electron chi connectivity index (χ4n) is 10.7. The van der Waals surface area contributed by atoms with Gasteiger partial charge in [-0.25, -0.2) is 0 Å². The van der Waals surface area contributed by atoms with Crippen LogP contribution >= 0.6 is 0 Å². The van der Waals surface area contributed by atoms with Crippen LogP contribution in [0.15, 0.2) is 48.6 Å². The van der Waals surface area contributed by atoms with Gasteiger partial charge in [-0.3, -0.25) is 14.4 Å². The van der Waals surface area contributed by atoms with E-state index in [1.54, 1.807) is 0 Å². The van der Waals surface area contributed by atoms with Gasteiger partial charge >= 0.3 is 17.9 Å². The van der Waals surface area contributed by atoms with Crippen LogP contribution in [0, 0.1) is 0 Å². The summed E-state index contributed by atoms with van der Waals surface area (Å²) in [6.45, 7) is 6.62. The summed E-state index contributed by atoms with van der Waals surface area (Å²) in [5.41, 5.74) is 0. The van der Waals surface area contributed by atoms with E-state index < -0.39 is 6.10 Å². The summed E-state index contributed by atoms with van der Waals surface area (Å²) in [7, 11) is 0. The molecule has 80 heavy (non-hydrogen) atoms. The Morgan fingerprint density at radius 2 is 0.450 bits per heavy atom. The molecular weight excluding hydrogens is 985 g/mol. The van der Waals surface area contributed by atoms with Crippen LogP contribution in [0.2, 0.25) is 0 Å². The number of esters is 3. The molecule has 6 nitrogen and oxygen atoms in total. The summed E-state index contributed by atoms with van der Waals surface area (Å²) in [6, 6.07) is 0. The second-order valence-corrected chi connectivity index (χ2v) is 24.1. The Kier molecular flexibility index (Phi) is 66.6. The fraction of sp³-hybridized carbons (Fsp3) is 0.851. The Bertz CT molecular complexity index is 1380. The average molecular weight is 1120 g/mol. The van der Waals surface area contributed by atoms with E-state index in [4.69, 9.17) is 14.2 Å². The first-order valence-electron chi connectivity index (χ1n) is 35.6. The van der Waals surface area contributed by atoms with Gasteiger partial charge in [-0.2, -0.15) is 0 Å². The van der Waals surface area contributed by atoms with Crippen molar-refractivity contribution in [2.75, 3.05) is 13.2 Å². The molecule has 6 heteroatoms. The zero-order valence-corrected chi connectivity index (χ0v) is 53.9. The van der Waals surface area contributed by atoms with E-state index in [-0.39, 0.29) is 31.1 Å². The number of hydrogen-bond donors (Lipinski definition) is 0. The molecule has 0 aromatic heterocycles. The topological polar surface area (TPSA) is 78.9 Å². The summed E-state index contributed by atoms with van der Waals surface area (Å²) in [5.74, 6) is -0.856. The minimum absolute atomic E-state index is 0.0685. The summed E-state index contributed by atoms with van der Waals surface area (Å²) < 4.78 is 16.9. The third-order valence-electron chi connectivity index (χ3n) is 16.1. The maximum atomic E-state index is 12.9. The van der Waals surface area contributed by atoms with Crippen LogP contribution in [-0.4, -0.2) is 37.2 Å². The molecule has 0 amide bonds. The summed E-state index contributed by atoms with van der Waals surface area (Å²) in [4.78, 5) is 38.1. The Hall–Kier alpha value is -2.63. The minimum atomic E-state index is -0.769. The van der Waals surface area contributed by atoms with Gasteiger partial charge in [-0.1, -0.05) is 333 Å². The van der Waals surface area contributed by atoms with E-state index in [1.807, 2.05) is 0 Å². The van der Waals surface area contributed by atoms with Crippen LogP contribution in [0.3, 0.4) is 0 Å². The Morgan fingerprint density at radius 3 is 0.688 bits per heavy atom. The summed E-state index contributed by atoms with van der Waals surface area (Å²) >= 11 is 0. The zero-order valence-electron chi connectivity index (χ0n) is 53.9. The molecule has 0 spiro atoms. The van der Waals surface area contributed by atoms with E-state index in [0.29, 0.717) is 19.3 Å². The number of hydrogen-bond acceptors (Lipinski definition) is 6. The molecule has 0 rings (SSSR count). The van der Waals surface area contributed by atoms with E-state index in [0.717, 1.165) is 70.6 Å². The Balaban J connectivity index is 3.97. The van der Waals surface area contributed by atoms with Crippen molar-refractivity contribution in [3.8, 4) is 0 Å². The first kappa shape index (κ1) is 77.4. The van der Waals surface area contributed by atoms with Gasteiger partial charge in [-0.05, 0) is 83.5 Å². The summed E-state index contributed by atoms with van der Waals surface area (Å²) in [5, 5.41) is 0. The molecule has 0 radical (unpaired) electrons. The molecule has 0 N–H and O–H groups in total. The fourth-order valence-corrected chi connectivity index (χ4v) is 10.7. The van der Waals surface area contributed by atoms with Crippen molar-refractivity contribution in [2.24, 2.45) is 0 Å². The number of rotatable bonds is 66. The molecule has 0 aromatic rings. The van der Waals surface area contributed by atoms with Gasteiger partial charge in [0.05, 0.1) is 0 Å². The normalized spacial score (nSPS) is 12.3. The molecule has 0 heterocycles. The van der Waals surface area contributed by atoms with E-state index in [9.17, 15) is 14.4 Å². The van der Waals surface area contributed by atoms with Crippen molar-refractivity contribution in [1.82, 2.24) is 0 Å². The third-order valence-corrected chi connectivity index (χ3v) is 16.1. The monoisotopic (exact) mass is 1120 g/mol. The van der Waals surface area contributed by atoms with Gasteiger partial charge in [0.1, 0.15) is 13.2 Å². The first-order chi connectivity index (χ1) is 39.5. The molecular formula is C74H136O6. The minimum Gasteiger partial charge on any atom is -0.462 e. The maximum Gasteiger partial charge on any atom is 0.306 e. The second-order valence-electron chi connectivity index (χ2n) is 24.1. The third kappa shape index (κ3) is 66.2. The maximum absolute atomic E-state index is 12.9. The predicted octanol–water partition coefficient (Wildman–Crippen LogP) is 24.5. The molecule has 0 bridgehead atoms. The molecule has 0 aliphatic rings. The molecule has 0 fully saturated rings. The number of unbranched alkanes of at least 4 members (excludes halogenated alkanes) is 47.